The third-order valence-electron chi connectivity index (χ3n) is 3.78. The molecule has 3 aromatic rings. The van der Waals surface area contributed by atoms with Gasteiger partial charge in [0, 0.05) is 36.1 Å². The molecule has 0 aliphatic heterocycles. The summed E-state index contributed by atoms with van der Waals surface area (Å²) >= 11 is 12.1. The van der Waals surface area contributed by atoms with Crippen LogP contribution in [0, 0.1) is 0 Å². The summed E-state index contributed by atoms with van der Waals surface area (Å²) in [6.45, 7) is 0.833. The van der Waals surface area contributed by atoms with E-state index in [0.29, 0.717) is 22.2 Å². The van der Waals surface area contributed by atoms with Crippen LogP contribution in [0.5, 0.6) is 0 Å². The second-order valence-electron chi connectivity index (χ2n) is 5.41. The molecule has 0 aliphatic rings. The fourth-order valence-electron chi connectivity index (χ4n) is 2.56. The summed E-state index contributed by atoms with van der Waals surface area (Å²) in [5, 5.41) is 14.3. The SMILES string of the molecule is O=C(NO)c1cc(CCCCn2ccc3cc(Cl)c(Cl)cc32)on1. The highest BCUT2D eigenvalue weighted by Crippen LogP contribution is 2.28. The molecule has 0 unspecified atom stereocenters. The maximum atomic E-state index is 11.2. The number of nitrogens with zero attached hydrogens (tertiary/aromatic N) is 2. The van der Waals surface area contributed by atoms with Gasteiger partial charge in [0.2, 0.25) is 0 Å². The number of carbonyl (C=O) groups is 1. The van der Waals surface area contributed by atoms with Crippen molar-refractivity contribution in [1.29, 1.82) is 0 Å². The molecule has 0 saturated heterocycles. The van der Waals surface area contributed by atoms with Gasteiger partial charge < -0.3 is 9.09 Å². The molecular formula is C16H15Cl2N3O3. The highest BCUT2D eigenvalue weighted by molar-refractivity contribution is 6.42. The van der Waals surface area contributed by atoms with Crippen molar-refractivity contribution >= 4 is 40.0 Å². The molecule has 0 aliphatic carbocycles. The lowest BCUT2D eigenvalue weighted by atomic mass is 10.2. The monoisotopic (exact) mass is 367 g/mol. The molecule has 3 rings (SSSR count). The molecule has 2 aromatic heterocycles. The molecule has 2 heterocycles. The van der Waals surface area contributed by atoms with Crippen molar-refractivity contribution in [3.63, 3.8) is 0 Å². The van der Waals surface area contributed by atoms with E-state index in [1.54, 1.807) is 0 Å². The van der Waals surface area contributed by atoms with Crippen LogP contribution < -0.4 is 5.48 Å². The van der Waals surface area contributed by atoms with Gasteiger partial charge in [-0.05, 0) is 31.0 Å². The van der Waals surface area contributed by atoms with Crippen LogP contribution in [0.2, 0.25) is 10.0 Å². The molecule has 1 aromatic carbocycles. The maximum Gasteiger partial charge on any atom is 0.296 e. The van der Waals surface area contributed by atoms with Crippen LogP contribution in [0.25, 0.3) is 10.9 Å². The first-order chi connectivity index (χ1) is 11.6. The Kier molecular flexibility index (Phi) is 5.08. The predicted octanol–water partition coefficient (Wildman–Crippen LogP) is 4.08. The zero-order chi connectivity index (χ0) is 17.1. The molecular weight excluding hydrogens is 353 g/mol. The third kappa shape index (κ3) is 3.56. The summed E-state index contributed by atoms with van der Waals surface area (Å²) < 4.78 is 7.19. The number of nitrogens with one attached hydrogen (secondary N) is 1. The fourth-order valence-corrected chi connectivity index (χ4v) is 2.89. The summed E-state index contributed by atoms with van der Waals surface area (Å²) in [6.07, 6.45) is 4.47. The van der Waals surface area contributed by atoms with E-state index in [0.717, 1.165) is 30.3 Å². The molecule has 0 spiro atoms. The molecule has 24 heavy (non-hydrogen) atoms. The Hall–Kier alpha value is -2.02. The van der Waals surface area contributed by atoms with Crippen molar-refractivity contribution in [1.82, 2.24) is 15.2 Å². The number of benzene rings is 1. The van der Waals surface area contributed by atoms with Crippen LogP contribution in [0.4, 0.5) is 0 Å². The minimum absolute atomic E-state index is 0.0652. The second-order valence-corrected chi connectivity index (χ2v) is 6.23. The first kappa shape index (κ1) is 16.8. The molecule has 2 N–H and O–H groups in total. The Balaban J connectivity index is 1.56. The molecule has 0 bridgehead atoms. The Morgan fingerprint density at radius 1 is 1.25 bits per heavy atom. The van der Waals surface area contributed by atoms with E-state index in [1.165, 1.54) is 11.5 Å². The van der Waals surface area contributed by atoms with Gasteiger partial charge in [-0.3, -0.25) is 10.0 Å². The van der Waals surface area contributed by atoms with Gasteiger partial charge in [0.05, 0.1) is 10.0 Å². The summed E-state index contributed by atoms with van der Waals surface area (Å²) in [5.74, 6) is -0.0693. The van der Waals surface area contributed by atoms with Crippen LogP contribution in [-0.4, -0.2) is 20.8 Å². The Morgan fingerprint density at radius 3 is 2.83 bits per heavy atom. The quantitative estimate of drug-likeness (QED) is 0.390. The number of amides is 1. The third-order valence-corrected chi connectivity index (χ3v) is 4.50. The second kappa shape index (κ2) is 7.25. The van der Waals surface area contributed by atoms with Gasteiger partial charge in [-0.2, -0.15) is 0 Å². The van der Waals surface area contributed by atoms with Gasteiger partial charge in [0.1, 0.15) is 5.76 Å². The van der Waals surface area contributed by atoms with Crippen molar-refractivity contribution in [3.8, 4) is 0 Å². The van der Waals surface area contributed by atoms with Crippen LogP contribution in [-0.2, 0) is 13.0 Å². The predicted molar refractivity (Wildman–Crippen MR) is 90.7 cm³/mol. The summed E-state index contributed by atoms with van der Waals surface area (Å²) in [7, 11) is 0. The minimum atomic E-state index is -0.681. The van der Waals surface area contributed by atoms with E-state index in [4.69, 9.17) is 32.9 Å². The molecule has 126 valence electrons. The Labute approximate surface area is 147 Å². The van der Waals surface area contributed by atoms with Gasteiger partial charge in [-0.1, -0.05) is 28.4 Å². The molecule has 0 fully saturated rings. The number of aryl methyl sites for hydroxylation is 2. The zero-order valence-electron chi connectivity index (χ0n) is 12.6. The van der Waals surface area contributed by atoms with Gasteiger partial charge in [0.25, 0.3) is 5.91 Å². The van der Waals surface area contributed by atoms with Gasteiger partial charge in [-0.15, -0.1) is 0 Å². The van der Waals surface area contributed by atoms with E-state index in [2.05, 4.69) is 9.72 Å². The topological polar surface area (TPSA) is 80.3 Å². The number of hydrogen-bond donors (Lipinski definition) is 2. The van der Waals surface area contributed by atoms with E-state index < -0.39 is 5.91 Å². The van der Waals surface area contributed by atoms with Crippen LogP contribution in [0.1, 0.15) is 29.1 Å². The van der Waals surface area contributed by atoms with Crippen molar-refractivity contribution in [3.05, 3.63) is 52.0 Å². The van der Waals surface area contributed by atoms with Crippen LogP contribution >= 0.6 is 23.2 Å². The minimum Gasteiger partial charge on any atom is -0.361 e. The molecule has 0 saturated carbocycles. The lowest BCUT2D eigenvalue weighted by molar-refractivity contribution is 0.0696. The lowest BCUT2D eigenvalue weighted by Gasteiger charge is -2.06. The highest BCUT2D eigenvalue weighted by atomic mass is 35.5. The molecule has 6 nitrogen and oxygen atoms in total. The standard InChI is InChI=1S/C16H15Cl2N3O3/c17-12-7-10-4-6-21(15(10)9-13(12)18)5-2-1-3-11-8-14(20-24-11)16(22)19-23/h4,6-9,23H,1-3,5H2,(H,19,22). The number of rotatable bonds is 6. The van der Waals surface area contributed by atoms with Crippen LogP contribution in [0.15, 0.2) is 35.0 Å². The van der Waals surface area contributed by atoms with Crippen LogP contribution in [0.3, 0.4) is 0 Å². The van der Waals surface area contributed by atoms with Crippen molar-refractivity contribution < 1.29 is 14.5 Å². The van der Waals surface area contributed by atoms with E-state index in [1.807, 2.05) is 24.4 Å². The smallest absolute Gasteiger partial charge is 0.296 e. The number of hydrogen-bond acceptors (Lipinski definition) is 4. The molecule has 8 heteroatoms. The first-order valence-corrected chi connectivity index (χ1v) is 8.18. The number of aromatic nitrogens is 2. The first-order valence-electron chi connectivity index (χ1n) is 7.42. The summed E-state index contributed by atoms with van der Waals surface area (Å²) in [4.78, 5) is 11.2. The fraction of sp³-hybridized carbons (Fsp3) is 0.250. The number of fused-ring (bicyclic) bond motifs is 1. The Morgan fingerprint density at radius 2 is 2.04 bits per heavy atom. The average molecular weight is 368 g/mol. The number of unbranched alkanes of at least 4 members (excludes halogenated alkanes) is 1. The highest BCUT2D eigenvalue weighted by Gasteiger charge is 2.11. The van der Waals surface area contributed by atoms with Crippen molar-refractivity contribution in [2.24, 2.45) is 0 Å². The number of carbonyl (C=O) groups excluding carboxylic acids is 1. The van der Waals surface area contributed by atoms with E-state index in [9.17, 15) is 4.79 Å². The van der Waals surface area contributed by atoms with Gasteiger partial charge >= 0.3 is 0 Å². The zero-order valence-corrected chi connectivity index (χ0v) is 14.1. The molecule has 0 atom stereocenters. The largest absolute Gasteiger partial charge is 0.361 e. The number of halogens is 2. The van der Waals surface area contributed by atoms with Gasteiger partial charge in [0.15, 0.2) is 5.69 Å². The average Bonchev–Trinajstić information content (AvgIpc) is 3.19. The maximum absolute atomic E-state index is 11.2. The van der Waals surface area contributed by atoms with Gasteiger partial charge in [-0.25, -0.2) is 5.48 Å². The van der Waals surface area contributed by atoms with E-state index in [-0.39, 0.29) is 5.69 Å². The number of hydroxylamine groups is 1. The molecule has 1 amide bonds. The van der Waals surface area contributed by atoms with Crippen molar-refractivity contribution in [2.75, 3.05) is 0 Å². The summed E-state index contributed by atoms with van der Waals surface area (Å²) in [5.41, 5.74) is 2.63. The van der Waals surface area contributed by atoms with E-state index >= 15 is 0 Å². The lowest BCUT2D eigenvalue weighted by Crippen LogP contribution is -2.18. The Bertz CT molecular complexity index is 873. The molecule has 0 radical (unpaired) electrons. The van der Waals surface area contributed by atoms with Crippen molar-refractivity contribution in [2.45, 2.75) is 25.8 Å². The normalized spacial score (nSPS) is 11.1. The summed E-state index contributed by atoms with van der Waals surface area (Å²) in [6, 6.07) is 7.26.